The number of esters is 1. The molecule has 0 bridgehead atoms. The van der Waals surface area contributed by atoms with E-state index in [2.05, 4.69) is 19.2 Å². The third-order valence-electron chi connectivity index (χ3n) is 3.90. The summed E-state index contributed by atoms with van der Waals surface area (Å²) in [5.41, 5.74) is 7.64. The number of benzene rings is 1. The fraction of sp³-hybridized carbons (Fsp3) is 0.562. The monoisotopic (exact) mass is 308 g/mol. The van der Waals surface area contributed by atoms with Gasteiger partial charge in [-0.2, -0.15) is 0 Å². The second kappa shape index (κ2) is 6.44. The van der Waals surface area contributed by atoms with Crippen LogP contribution in [0.25, 0.3) is 0 Å². The van der Waals surface area contributed by atoms with Crippen molar-refractivity contribution in [3.63, 3.8) is 0 Å². The molecule has 1 aliphatic rings. The first-order valence-corrected chi connectivity index (χ1v) is 7.38. The van der Waals surface area contributed by atoms with E-state index in [0.717, 1.165) is 0 Å². The Morgan fingerprint density at radius 3 is 2.77 bits per heavy atom. The molecule has 0 saturated carbocycles. The van der Waals surface area contributed by atoms with Crippen LogP contribution in [0.2, 0.25) is 0 Å². The van der Waals surface area contributed by atoms with Gasteiger partial charge in [-0.1, -0.05) is 13.8 Å². The van der Waals surface area contributed by atoms with Crippen LogP contribution in [0.4, 0.5) is 11.4 Å². The molecular weight excluding hydrogens is 284 g/mol. The largest absolute Gasteiger partial charge is 0.496 e. The van der Waals surface area contributed by atoms with Crippen molar-refractivity contribution in [2.45, 2.75) is 26.8 Å². The van der Waals surface area contributed by atoms with E-state index in [4.69, 9.17) is 19.9 Å². The lowest BCUT2D eigenvalue weighted by molar-refractivity contribution is 0.0523. The molecule has 0 radical (unpaired) electrons. The summed E-state index contributed by atoms with van der Waals surface area (Å²) in [5.74, 6) is -0.0206. The number of anilines is 2. The molecule has 1 saturated heterocycles. The van der Waals surface area contributed by atoms with E-state index in [1.54, 1.807) is 19.1 Å². The van der Waals surface area contributed by atoms with Crippen molar-refractivity contribution in [3.05, 3.63) is 17.7 Å². The van der Waals surface area contributed by atoms with Crippen LogP contribution in [0.3, 0.4) is 0 Å². The van der Waals surface area contributed by atoms with Crippen molar-refractivity contribution < 1.29 is 19.0 Å². The van der Waals surface area contributed by atoms with Crippen molar-refractivity contribution in [2.75, 3.05) is 38.0 Å². The number of nitrogens with two attached hydrogens (primary N) is 1. The van der Waals surface area contributed by atoms with Gasteiger partial charge in [-0.05, 0) is 13.0 Å². The van der Waals surface area contributed by atoms with Crippen LogP contribution in [0.5, 0.6) is 5.75 Å². The smallest absolute Gasteiger partial charge is 0.341 e. The van der Waals surface area contributed by atoms with Crippen LogP contribution in [0.15, 0.2) is 12.1 Å². The number of carbonyl (C=O) groups excluding carboxylic acids is 1. The van der Waals surface area contributed by atoms with Gasteiger partial charge in [0.2, 0.25) is 0 Å². The number of nitrogen functional groups attached to an aromatic ring is 1. The van der Waals surface area contributed by atoms with Crippen LogP contribution < -0.4 is 15.8 Å². The Morgan fingerprint density at radius 1 is 1.50 bits per heavy atom. The predicted molar refractivity (Wildman–Crippen MR) is 85.4 cm³/mol. The Bertz CT molecular complexity index is 557. The van der Waals surface area contributed by atoms with E-state index in [1.807, 2.05) is 0 Å². The highest BCUT2D eigenvalue weighted by atomic mass is 16.5. The zero-order chi connectivity index (χ0) is 16.3. The maximum absolute atomic E-state index is 12.1. The predicted octanol–water partition coefficient (Wildman–Crippen LogP) is 2.29. The van der Waals surface area contributed by atoms with Crippen LogP contribution in [0, 0.1) is 5.41 Å². The number of rotatable bonds is 5. The summed E-state index contributed by atoms with van der Waals surface area (Å²) in [4.78, 5) is 12.1. The molecule has 1 atom stereocenters. The maximum Gasteiger partial charge on any atom is 0.341 e. The first-order valence-electron chi connectivity index (χ1n) is 7.38. The summed E-state index contributed by atoms with van der Waals surface area (Å²) in [6, 6.07) is 3.44. The van der Waals surface area contributed by atoms with Crippen molar-refractivity contribution >= 4 is 17.3 Å². The fourth-order valence-corrected chi connectivity index (χ4v) is 2.45. The molecule has 2 rings (SSSR count). The van der Waals surface area contributed by atoms with E-state index < -0.39 is 5.97 Å². The van der Waals surface area contributed by atoms with E-state index in [-0.39, 0.29) is 11.5 Å². The summed E-state index contributed by atoms with van der Waals surface area (Å²) in [6.45, 7) is 7.61. The molecule has 0 aliphatic carbocycles. The number of nitrogens with one attached hydrogen (secondary N) is 1. The Kier molecular flexibility index (Phi) is 4.81. The third-order valence-corrected chi connectivity index (χ3v) is 3.90. The number of ether oxygens (including phenoxy) is 3. The lowest BCUT2D eigenvalue weighted by atomic mass is 9.87. The van der Waals surface area contributed by atoms with Gasteiger partial charge in [0.1, 0.15) is 11.3 Å². The van der Waals surface area contributed by atoms with E-state index >= 15 is 0 Å². The Balaban J connectivity index is 2.31. The van der Waals surface area contributed by atoms with Gasteiger partial charge in [-0.3, -0.25) is 0 Å². The van der Waals surface area contributed by atoms with Gasteiger partial charge >= 0.3 is 5.97 Å². The van der Waals surface area contributed by atoms with Gasteiger partial charge < -0.3 is 25.3 Å². The molecule has 0 spiro atoms. The minimum absolute atomic E-state index is 0.00351. The van der Waals surface area contributed by atoms with E-state index in [0.29, 0.717) is 42.5 Å². The number of hydrogen-bond donors (Lipinski definition) is 2. The van der Waals surface area contributed by atoms with Gasteiger partial charge in [0.05, 0.1) is 44.3 Å². The number of methoxy groups -OCH3 is 1. The molecule has 22 heavy (non-hydrogen) atoms. The molecule has 0 aromatic heterocycles. The molecule has 6 nitrogen and oxygen atoms in total. The average Bonchev–Trinajstić information content (AvgIpc) is 2.79. The van der Waals surface area contributed by atoms with Gasteiger partial charge in [-0.25, -0.2) is 4.79 Å². The van der Waals surface area contributed by atoms with Crippen molar-refractivity contribution in [2.24, 2.45) is 5.41 Å². The summed E-state index contributed by atoms with van der Waals surface area (Å²) in [7, 11) is 1.50. The molecule has 1 aliphatic heterocycles. The standard InChI is InChI=1S/C16H24N2O4/c1-5-22-15(19)10-6-12(11(17)7-13(10)20-4)18-14-8-21-9-16(14,2)3/h6-7,14,18H,5,8-9,17H2,1-4H3/t14-/m1/s1. The van der Waals surface area contributed by atoms with Crippen molar-refractivity contribution in [1.29, 1.82) is 0 Å². The minimum atomic E-state index is -0.427. The molecule has 0 amide bonds. The van der Waals surface area contributed by atoms with Gasteiger partial charge in [0.15, 0.2) is 0 Å². The third kappa shape index (κ3) is 3.27. The molecule has 122 valence electrons. The lowest BCUT2D eigenvalue weighted by Gasteiger charge is -2.27. The molecule has 1 aromatic carbocycles. The van der Waals surface area contributed by atoms with Gasteiger partial charge in [0.25, 0.3) is 0 Å². The average molecular weight is 308 g/mol. The van der Waals surface area contributed by atoms with Crippen molar-refractivity contribution in [3.8, 4) is 5.75 Å². The highest BCUT2D eigenvalue weighted by Gasteiger charge is 2.36. The molecular formula is C16H24N2O4. The zero-order valence-electron chi connectivity index (χ0n) is 13.6. The maximum atomic E-state index is 12.1. The van der Waals surface area contributed by atoms with E-state index in [1.165, 1.54) is 7.11 Å². The first-order chi connectivity index (χ1) is 10.4. The number of carbonyl (C=O) groups is 1. The second-order valence-corrected chi connectivity index (χ2v) is 6.06. The highest BCUT2D eigenvalue weighted by Crippen LogP contribution is 2.34. The fourth-order valence-electron chi connectivity index (χ4n) is 2.45. The van der Waals surface area contributed by atoms with Crippen LogP contribution in [0.1, 0.15) is 31.1 Å². The van der Waals surface area contributed by atoms with E-state index in [9.17, 15) is 4.79 Å². The van der Waals surface area contributed by atoms with Gasteiger partial charge in [-0.15, -0.1) is 0 Å². The molecule has 3 N–H and O–H groups in total. The van der Waals surface area contributed by atoms with Gasteiger partial charge in [0, 0.05) is 11.5 Å². The minimum Gasteiger partial charge on any atom is -0.496 e. The quantitative estimate of drug-likeness (QED) is 0.641. The van der Waals surface area contributed by atoms with Crippen molar-refractivity contribution in [1.82, 2.24) is 0 Å². The summed E-state index contributed by atoms with van der Waals surface area (Å²) < 4.78 is 15.8. The molecule has 1 fully saturated rings. The molecule has 1 heterocycles. The highest BCUT2D eigenvalue weighted by molar-refractivity contribution is 5.95. The zero-order valence-corrected chi connectivity index (χ0v) is 13.6. The Labute approximate surface area is 130 Å². The topological polar surface area (TPSA) is 82.8 Å². The summed E-state index contributed by atoms with van der Waals surface area (Å²) >= 11 is 0. The first kappa shape index (κ1) is 16.4. The summed E-state index contributed by atoms with van der Waals surface area (Å²) in [5, 5.41) is 3.37. The van der Waals surface area contributed by atoms with Crippen LogP contribution >= 0.6 is 0 Å². The molecule has 6 heteroatoms. The Hall–Kier alpha value is -1.95. The van der Waals surface area contributed by atoms with Crippen LogP contribution in [-0.2, 0) is 9.47 Å². The molecule has 0 unspecified atom stereocenters. The normalized spacial score (nSPS) is 19.7. The SMILES string of the molecule is CCOC(=O)c1cc(N[C@@H]2COCC2(C)C)c(N)cc1OC. The van der Waals surface area contributed by atoms with Crippen LogP contribution in [-0.4, -0.2) is 38.9 Å². The molecule has 1 aromatic rings. The number of hydrogen-bond acceptors (Lipinski definition) is 6. The lowest BCUT2D eigenvalue weighted by Crippen LogP contribution is -2.34. The second-order valence-electron chi connectivity index (χ2n) is 6.06. The Morgan fingerprint density at radius 2 is 2.23 bits per heavy atom. The summed E-state index contributed by atoms with van der Waals surface area (Å²) in [6.07, 6.45) is 0.